The topological polar surface area (TPSA) is 24.1 Å². The summed E-state index contributed by atoms with van der Waals surface area (Å²) in [6.07, 6.45) is 1.41. The molecule has 0 aromatic heterocycles. The first-order chi connectivity index (χ1) is 5.95. The fourth-order valence-corrected chi connectivity index (χ4v) is 1.68. The minimum absolute atomic E-state index is 0.800. The molecule has 0 saturated carbocycles. The summed E-state index contributed by atoms with van der Waals surface area (Å²) in [4.78, 5) is 0. The lowest BCUT2D eigenvalue weighted by Crippen LogP contribution is -2.36. The zero-order valence-electron chi connectivity index (χ0n) is 8.98. The van der Waals surface area contributed by atoms with Crippen LogP contribution in [-0.2, 0) is 0 Å². The molecule has 2 heterocycles. The van der Waals surface area contributed by atoms with Crippen LogP contribution in [0.3, 0.4) is 0 Å². The van der Waals surface area contributed by atoms with E-state index in [4.69, 9.17) is 0 Å². The molecule has 2 saturated heterocycles. The molecule has 2 nitrogen and oxygen atoms in total. The van der Waals surface area contributed by atoms with Crippen LogP contribution in [0, 0.1) is 5.92 Å². The summed E-state index contributed by atoms with van der Waals surface area (Å²) in [5.41, 5.74) is 0. The second-order valence-corrected chi connectivity index (χ2v) is 2.87. The third-order valence-electron chi connectivity index (χ3n) is 2.14. The van der Waals surface area contributed by atoms with Crippen LogP contribution in [0.15, 0.2) is 0 Å². The highest BCUT2D eigenvalue weighted by Crippen LogP contribution is 2.15. The molecule has 0 amide bonds. The Bertz CT molecular complexity index is 79.8. The zero-order chi connectivity index (χ0) is 9.40. The molecular formula is C10H24N2. The first-order valence-electron chi connectivity index (χ1n) is 5.39. The number of piperidine rings is 1. The predicted octanol–water partition coefficient (Wildman–Crippen LogP) is 1.62. The van der Waals surface area contributed by atoms with Gasteiger partial charge in [-0.15, -0.1) is 0 Å². The molecule has 2 aliphatic heterocycles. The molecule has 2 rings (SSSR count). The number of nitrogens with one attached hydrogen (secondary N) is 2. The maximum atomic E-state index is 3.46. The van der Waals surface area contributed by atoms with Crippen LogP contribution in [-0.4, -0.2) is 25.7 Å². The van der Waals surface area contributed by atoms with Gasteiger partial charge in [-0.2, -0.15) is 0 Å². The fourth-order valence-electron chi connectivity index (χ4n) is 1.68. The van der Waals surface area contributed by atoms with Crippen molar-refractivity contribution in [3.05, 3.63) is 0 Å². The van der Waals surface area contributed by atoms with Crippen LogP contribution < -0.4 is 10.6 Å². The summed E-state index contributed by atoms with van der Waals surface area (Å²) in [5.74, 6) is 0.939. The van der Waals surface area contributed by atoms with Crippen molar-refractivity contribution in [3.63, 3.8) is 0 Å². The van der Waals surface area contributed by atoms with Gasteiger partial charge in [0.05, 0.1) is 0 Å². The molecule has 0 spiro atoms. The largest absolute Gasteiger partial charge is 0.315 e. The molecule has 12 heavy (non-hydrogen) atoms. The van der Waals surface area contributed by atoms with E-state index in [1.807, 2.05) is 27.7 Å². The van der Waals surface area contributed by atoms with Crippen LogP contribution in [0.25, 0.3) is 0 Å². The number of fused-ring (bicyclic) bond motifs is 2. The second-order valence-electron chi connectivity index (χ2n) is 2.87. The van der Waals surface area contributed by atoms with Crippen LogP contribution >= 0.6 is 0 Å². The van der Waals surface area contributed by atoms with Gasteiger partial charge >= 0.3 is 0 Å². The van der Waals surface area contributed by atoms with E-state index < -0.39 is 0 Å². The molecule has 2 atom stereocenters. The molecule has 2 unspecified atom stereocenters. The van der Waals surface area contributed by atoms with Crippen molar-refractivity contribution in [1.29, 1.82) is 0 Å². The normalized spacial score (nSPS) is 31.0. The van der Waals surface area contributed by atoms with Crippen molar-refractivity contribution in [2.24, 2.45) is 5.92 Å². The highest BCUT2D eigenvalue weighted by Gasteiger charge is 2.26. The molecule has 2 bridgehead atoms. The van der Waals surface area contributed by atoms with Gasteiger partial charge in [-0.3, -0.25) is 0 Å². The molecule has 2 heteroatoms. The lowest BCUT2D eigenvalue weighted by atomic mass is 10.0. The summed E-state index contributed by atoms with van der Waals surface area (Å²) in [7, 11) is 0. The molecule has 2 fully saturated rings. The van der Waals surface area contributed by atoms with E-state index in [9.17, 15) is 0 Å². The van der Waals surface area contributed by atoms with Crippen molar-refractivity contribution in [1.82, 2.24) is 10.6 Å². The Morgan fingerprint density at radius 1 is 0.917 bits per heavy atom. The van der Waals surface area contributed by atoms with Crippen molar-refractivity contribution < 1.29 is 0 Å². The van der Waals surface area contributed by atoms with Gasteiger partial charge in [-0.1, -0.05) is 27.7 Å². The van der Waals surface area contributed by atoms with Crippen LogP contribution in [0.2, 0.25) is 0 Å². The SMILES string of the molecule is C1NCC2CC1CN2.CC.CC. The number of hydrogen-bond acceptors (Lipinski definition) is 2. The average molecular weight is 172 g/mol. The van der Waals surface area contributed by atoms with Gasteiger partial charge in [0.15, 0.2) is 0 Å². The van der Waals surface area contributed by atoms with Gasteiger partial charge in [-0.25, -0.2) is 0 Å². The Morgan fingerprint density at radius 3 is 2.08 bits per heavy atom. The Balaban J connectivity index is 0.000000269. The van der Waals surface area contributed by atoms with Gasteiger partial charge in [0.25, 0.3) is 0 Å². The first kappa shape index (κ1) is 11.9. The van der Waals surface area contributed by atoms with Crippen LogP contribution in [0.1, 0.15) is 34.1 Å². The van der Waals surface area contributed by atoms with E-state index in [1.165, 1.54) is 26.1 Å². The molecule has 2 aliphatic rings. The fraction of sp³-hybridized carbons (Fsp3) is 1.00. The minimum Gasteiger partial charge on any atom is -0.315 e. The third-order valence-corrected chi connectivity index (χ3v) is 2.14. The van der Waals surface area contributed by atoms with Crippen molar-refractivity contribution >= 4 is 0 Å². The van der Waals surface area contributed by atoms with Gasteiger partial charge in [0.2, 0.25) is 0 Å². The standard InChI is InChI=1S/C6H12N2.2C2H6/c1-5-2-7-4-6(1)8-3-5;2*1-2/h5-8H,1-4H2;2*1-2H3. The van der Waals surface area contributed by atoms with E-state index >= 15 is 0 Å². The Hall–Kier alpha value is -0.0800. The Morgan fingerprint density at radius 2 is 1.58 bits per heavy atom. The number of hydrogen-bond donors (Lipinski definition) is 2. The van der Waals surface area contributed by atoms with Gasteiger partial charge in [0, 0.05) is 12.6 Å². The van der Waals surface area contributed by atoms with Crippen LogP contribution in [0.5, 0.6) is 0 Å². The highest BCUT2D eigenvalue weighted by atomic mass is 15.1. The second kappa shape index (κ2) is 7.56. The Kier molecular flexibility index (Phi) is 7.51. The third kappa shape index (κ3) is 3.55. The smallest absolute Gasteiger partial charge is 0.0196 e. The molecule has 0 radical (unpaired) electrons. The van der Waals surface area contributed by atoms with Crippen molar-refractivity contribution in [2.45, 2.75) is 40.2 Å². The van der Waals surface area contributed by atoms with E-state index in [0.717, 1.165) is 12.0 Å². The van der Waals surface area contributed by atoms with Crippen LogP contribution in [0.4, 0.5) is 0 Å². The quantitative estimate of drug-likeness (QED) is 0.580. The van der Waals surface area contributed by atoms with E-state index in [1.54, 1.807) is 0 Å². The lowest BCUT2D eigenvalue weighted by Gasteiger charge is -2.17. The first-order valence-corrected chi connectivity index (χ1v) is 5.39. The van der Waals surface area contributed by atoms with Gasteiger partial charge in [0.1, 0.15) is 0 Å². The van der Waals surface area contributed by atoms with E-state index in [0.29, 0.717) is 0 Å². The van der Waals surface area contributed by atoms with Gasteiger partial charge < -0.3 is 10.6 Å². The molecule has 0 aromatic rings. The summed E-state index contributed by atoms with van der Waals surface area (Å²) in [6.45, 7) is 11.7. The van der Waals surface area contributed by atoms with Crippen molar-refractivity contribution in [2.75, 3.05) is 19.6 Å². The Labute approximate surface area is 77.1 Å². The maximum absolute atomic E-state index is 3.46. The zero-order valence-corrected chi connectivity index (χ0v) is 8.98. The molecule has 74 valence electrons. The average Bonchev–Trinajstić information content (AvgIpc) is 2.52. The summed E-state index contributed by atoms with van der Waals surface area (Å²) < 4.78 is 0. The molecule has 2 N–H and O–H groups in total. The predicted molar refractivity (Wildman–Crippen MR) is 55.5 cm³/mol. The molecule has 0 aliphatic carbocycles. The summed E-state index contributed by atoms with van der Waals surface area (Å²) in [5, 5.41) is 6.84. The minimum atomic E-state index is 0.800. The van der Waals surface area contributed by atoms with Gasteiger partial charge in [-0.05, 0) is 25.4 Å². The lowest BCUT2D eigenvalue weighted by molar-refractivity contribution is 0.429. The van der Waals surface area contributed by atoms with E-state index in [2.05, 4.69) is 10.6 Å². The highest BCUT2D eigenvalue weighted by molar-refractivity contribution is 4.88. The summed E-state index contributed by atoms with van der Waals surface area (Å²) >= 11 is 0. The van der Waals surface area contributed by atoms with Crippen molar-refractivity contribution in [3.8, 4) is 0 Å². The monoisotopic (exact) mass is 172 g/mol. The summed E-state index contributed by atoms with van der Waals surface area (Å²) in [6, 6.07) is 0.800. The maximum Gasteiger partial charge on any atom is 0.0196 e. The van der Waals surface area contributed by atoms with E-state index in [-0.39, 0.29) is 0 Å². The molecule has 0 aromatic carbocycles. The number of rotatable bonds is 0. The molecular weight excluding hydrogens is 148 g/mol.